The fourth-order valence-corrected chi connectivity index (χ4v) is 5.62. The minimum atomic E-state index is -4.09. The molecule has 6 nitrogen and oxygen atoms in total. The van der Waals surface area contributed by atoms with Crippen LogP contribution in [0, 0.1) is 6.92 Å². The number of nitrogens with one attached hydrogen (secondary N) is 2. The molecule has 1 unspecified atom stereocenters. The molecule has 4 aromatic carbocycles. The predicted molar refractivity (Wildman–Crippen MR) is 145 cm³/mol. The first-order valence-corrected chi connectivity index (χ1v) is 13.5. The zero-order valence-electron chi connectivity index (χ0n) is 20.8. The van der Waals surface area contributed by atoms with Crippen molar-refractivity contribution >= 4 is 15.9 Å². The predicted octanol–water partition coefficient (Wildman–Crippen LogP) is 4.80. The Hall–Kier alpha value is -3.94. The lowest BCUT2D eigenvalue weighted by Gasteiger charge is -2.25. The maximum Gasteiger partial charge on any atom is 0.244 e. The fraction of sp³-hybridized carbons (Fsp3) is 0.167. The second-order valence-electron chi connectivity index (χ2n) is 8.78. The third-order valence-corrected chi connectivity index (χ3v) is 7.55. The van der Waals surface area contributed by atoms with Crippen LogP contribution >= 0.6 is 0 Å². The average Bonchev–Trinajstić information content (AvgIpc) is 2.92. The Bertz CT molecular complexity index is 1390. The summed E-state index contributed by atoms with van der Waals surface area (Å²) in [4.78, 5) is 13.8. The van der Waals surface area contributed by atoms with Crippen molar-refractivity contribution in [2.45, 2.75) is 30.3 Å². The van der Waals surface area contributed by atoms with Gasteiger partial charge in [-0.2, -0.15) is 4.72 Å². The van der Waals surface area contributed by atoms with E-state index in [2.05, 4.69) is 10.0 Å². The van der Waals surface area contributed by atoms with Crippen LogP contribution in [0.1, 0.15) is 28.3 Å². The third kappa shape index (κ3) is 6.64. The summed E-state index contributed by atoms with van der Waals surface area (Å²) in [5, 5.41) is 3.09. The van der Waals surface area contributed by atoms with Gasteiger partial charge >= 0.3 is 0 Å². The van der Waals surface area contributed by atoms with E-state index in [1.165, 1.54) is 13.2 Å². The second-order valence-corrected chi connectivity index (χ2v) is 10.5. The molecule has 0 saturated carbocycles. The lowest BCUT2D eigenvalue weighted by Crippen LogP contribution is -2.49. The average molecular weight is 515 g/mol. The SMILES string of the molecule is COc1ccc(C)cc1S(=O)(=O)NC(Cc1ccccc1)C(=O)NC(c1ccccc1)c1ccccc1. The monoisotopic (exact) mass is 514 g/mol. The van der Waals surface area contributed by atoms with Gasteiger partial charge in [0, 0.05) is 0 Å². The van der Waals surface area contributed by atoms with Crippen molar-refractivity contribution in [2.75, 3.05) is 7.11 Å². The molecule has 2 N–H and O–H groups in total. The molecule has 7 heteroatoms. The van der Waals surface area contributed by atoms with E-state index in [0.717, 1.165) is 22.3 Å². The largest absolute Gasteiger partial charge is 0.495 e. The summed E-state index contributed by atoms with van der Waals surface area (Å²) in [6.07, 6.45) is 0.177. The number of hydrogen-bond donors (Lipinski definition) is 2. The van der Waals surface area contributed by atoms with Gasteiger partial charge in [0.05, 0.1) is 13.2 Å². The van der Waals surface area contributed by atoms with Gasteiger partial charge in [-0.3, -0.25) is 4.79 Å². The van der Waals surface area contributed by atoms with Crippen molar-refractivity contribution in [3.8, 4) is 5.75 Å². The minimum Gasteiger partial charge on any atom is -0.495 e. The van der Waals surface area contributed by atoms with Gasteiger partial charge in [-0.1, -0.05) is 97.1 Å². The Morgan fingerprint density at radius 3 is 1.89 bits per heavy atom. The van der Waals surface area contributed by atoms with Crippen LogP contribution in [0.3, 0.4) is 0 Å². The molecule has 0 spiro atoms. The van der Waals surface area contributed by atoms with Crippen molar-refractivity contribution in [1.82, 2.24) is 10.0 Å². The molecule has 190 valence electrons. The van der Waals surface area contributed by atoms with Crippen molar-refractivity contribution in [3.63, 3.8) is 0 Å². The van der Waals surface area contributed by atoms with E-state index in [-0.39, 0.29) is 17.1 Å². The summed E-state index contributed by atoms with van der Waals surface area (Å²) in [6.45, 7) is 1.80. The van der Waals surface area contributed by atoms with E-state index in [1.54, 1.807) is 19.1 Å². The first kappa shape index (κ1) is 26.1. The number of sulfonamides is 1. The third-order valence-electron chi connectivity index (χ3n) is 6.06. The highest BCUT2D eigenvalue weighted by molar-refractivity contribution is 7.89. The van der Waals surface area contributed by atoms with Crippen LogP contribution in [0.25, 0.3) is 0 Å². The highest BCUT2D eigenvalue weighted by atomic mass is 32.2. The van der Waals surface area contributed by atoms with Crippen molar-refractivity contribution < 1.29 is 17.9 Å². The lowest BCUT2D eigenvalue weighted by atomic mass is 9.97. The van der Waals surface area contributed by atoms with Crippen LogP contribution < -0.4 is 14.8 Å². The molecule has 37 heavy (non-hydrogen) atoms. The Balaban J connectivity index is 1.69. The zero-order chi connectivity index (χ0) is 26.3. The maximum atomic E-state index is 13.8. The van der Waals surface area contributed by atoms with E-state index in [9.17, 15) is 13.2 Å². The fourth-order valence-electron chi connectivity index (χ4n) is 4.18. The first-order valence-electron chi connectivity index (χ1n) is 12.0. The highest BCUT2D eigenvalue weighted by Crippen LogP contribution is 2.26. The van der Waals surface area contributed by atoms with Gasteiger partial charge in [0.15, 0.2) is 0 Å². The molecule has 4 aromatic rings. The highest BCUT2D eigenvalue weighted by Gasteiger charge is 2.30. The number of methoxy groups -OCH3 is 1. The van der Waals surface area contributed by atoms with E-state index >= 15 is 0 Å². The van der Waals surface area contributed by atoms with Gasteiger partial charge in [0.1, 0.15) is 16.7 Å². The number of rotatable bonds is 10. The van der Waals surface area contributed by atoms with E-state index in [1.807, 2.05) is 91.0 Å². The van der Waals surface area contributed by atoms with Gasteiger partial charge in [0.25, 0.3) is 0 Å². The summed E-state index contributed by atoms with van der Waals surface area (Å²) >= 11 is 0. The summed E-state index contributed by atoms with van der Waals surface area (Å²) < 4.78 is 35.0. The summed E-state index contributed by atoms with van der Waals surface area (Å²) in [5.41, 5.74) is 3.38. The summed E-state index contributed by atoms with van der Waals surface area (Å²) in [7, 11) is -2.67. The van der Waals surface area contributed by atoms with Crippen molar-refractivity contribution in [3.05, 3.63) is 131 Å². The topological polar surface area (TPSA) is 84.5 Å². The number of aryl methyl sites for hydroxylation is 1. The van der Waals surface area contributed by atoms with Gasteiger partial charge in [-0.05, 0) is 47.7 Å². The van der Waals surface area contributed by atoms with Crippen LogP contribution in [0.5, 0.6) is 5.75 Å². The molecule has 0 aliphatic heterocycles. The number of hydrogen-bond acceptors (Lipinski definition) is 4. The van der Waals surface area contributed by atoms with Crippen LogP contribution in [-0.2, 0) is 21.2 Å². The molecule has 4 rings (SSSR count). The Labute approximate surface area is 218 Å². The number of benzene rings is 4. The molecule has 0 fully saturated rings. The number of ether oxygens (including phenoxy) is 1. The standard InChI is InChI=1S/C30H30N2O4S/c1-22-18-19-27(36-2)28(20-22)37(34,35)32-26(21-23-12-6-3-7-13-23)30(33)31-29(24-14-8-4-9-15-24)25-16-10-5-11-17-25/h3-20,26,29,32H,21H2,1-2H3,(H,31,33). The van der Waals surface area contributed by atoms with E-state index in [4.69, 9.17) is 4.74 Å². The number of carbonyl (C=O) groups excluding carboxylic acids is 1. The molecule has 0 aliphatic carbocycles. The summed E-state index contributed by atoms with van der Waals surface area (Å²) in [5.74, 6) is -0.222. The quantitative estimate of drug-likeness (QED) is 0.318. The Kier molecular flexibility index (Phi) is 8.38. The Morgan fingerprint density at radius 1 is 0.811 bits per heavy atom. The molecular weight excluding hydrogens is 484 g/mol. The van der Waals surface area contributed by atoms with Crippen LogP contribution in [-0.4, -0.2) is 27.5 Å². The molecule has 0 bridgehead atoms. The van der Waals surface area contributed by atoms with Gasteiger partial charge < -0.3 is 10.1 Å². The first-order chi connectivity index (χ1) is 17.9. The van der Waals surface area contributed by atoms with Crippen LogP contribution in [0.4, 0.5) is 0 Å². The molecule has 0 heterocycles. The molecular formula is C30H30N2O4S. The molecule has 0 radical (unpaired) electrons. The molecule has 1 amide bonds. The van der Waals surface area contributed by atoms with Gasteiger partial charge in [-0.15, -0.1) is 0 Å². The zero-order valence-corrected chi connectivity index (χ0v) is 21.6. The second kappa shape index (κ2) is 11.9. The van der Waals surface area contributed by atoms with Crippen molar-refractivity contribution in [2.24, 2.45) is 0 Å². The molecule has 0 aliphatic rings. The summed E-state index contributed by atoms with van der Waals surface area (Å²) in [6, 6.07) is 31.9. The van der Waals surface area contributed by atoms with E-state index < -0.39 is 28.0 Å². The van der Waals surface area contributed by atoms with Gasteiger partial charge in [0.2, 0.25) is 15.9 Å². The normalized spacial score (nSPS) is 12.2. The Morgan fingerprint density at radius 2 is 1.35 bits per heavy atom. The van der Waals surface area contributed by atoms with Gasteiger partial charge in [-0.25, -0.2) is 8.42 Å². The van der Waals surface area contributed by atoms with Crippen LogP contribution in [0.2, 0.25) is 0 Å². The lowest BCUT2D eigenvalue weighted by molar-refractivity contribution is -0.123. The smallest absolute Gasteiger partial charge is 0.244 e. The number of carbonyl (C=O) groups is 1. The maximum absolute atomic E-state index is 13.8. The molecule has 1 atom stereocenters. The van der Waals surface area contributed by atoms with Crippen LogP contribution in [0.15, 0.2) is 114 Å². The molecule has 0 saturated heterocycles. The number of amides is 1. The van der Waals surface area contributed by atoms with E-state index in [0.29, 0.717) is 0 Å². The minimum absolute atomic E-state index is 0.0106. The molecule has 0 aromatic heterocycles. The van der Waals surface area contributed by atoms with Crippen molar-refractivity contribution in [1.29, 1.82) is 0 Å².